The summed E-state index contributed by atoms with van der Waals surface area (Å²) in [5.41, 5.74) is 4.16. The lowest BCUT2D eigenvalue weighted by Gasteiger charge is -2.17. The quantitative estimate of drug-likeness (QED) is 0.749. The molecule has 1 aliphatic rings. The topological polar surface area (TPSA) is 28.5 Å². The Bertz CT molecular complexity index is 519. The molecule has 0 aromatic carbocycles. The Morgan fingerprint density at radius 2 is 2.12 bits per heavy atom. The van der Waals surface area contributed by atoms with Crippen molar-refractivity contribution in [3.05, 3.63) is 46.5 Å². The molecule has 1 aromatic heterocycles. The molecule has 0 fully saturated rings. The van der Waals surface area contributed by atoms with E-state index in [9.17, 15) is 0 Å². The van der Waals surface area contributed by atoms with Crippen molar-refractivity contribution in [3.63, 3.8) is 0 Å². The zero-order valence-electron chi connectivity index (χ0n) is 10.3. The summed E-state index contributed by atoms with van der Waals surface area (Å²) in [5, 5.41) is 9.19. The van der Waals surface area contributed by atoms with Crippen molar-refractivity contribution in [2.24, 2.45) is 5.10 Å². The number of hydrazone groups is 1. The summed E-state index contributed by atoms with van der Waals surface area (Å²) in [7, 11) is 3.81. The van der Waals surface area contributed by atoms with E-state index in [1.807, 2.05) is 31.7 Å². The summed E-state index contributed by atoms with van der Waals surface area (Å²) in [6, 6.07) is 0. The van der Waals surface area contributed by atoms with Gasteiger partial charge in [-0.1, -0.05) is 6.58 Å². The van der Waals surface area contributed by atoms with E-state index in [4.69, 9.17) is 0 Å². The van der Waals surface area contributed by atoms with Crippen molar-refractivity contribution in [3.8, 4) is 0 Å². The molecular weight excluding hydrogens is 230 g/mol. The van der Waals surface area contributed by atoms with Crippen LogP contribution >= 0.6 is 11.3 Å². The smallest absolute Gasteiger partial charge is 0.123 e. The Morgan fingerprint density at radius 3 is 2.71 bits per heavy atom. The van der Waals surface area contributed by atoms with Gasteiger partial charge in [0, 0.05) is 31.2 Å². The molecule has 4 heteroatoms. The lowest BCUT2D eigenvalue weighted by molar-refractivity contribution is 0.438. The van der Waals surface area contributed by atoms with E-state index in [1.54, 1.807) is 16.3 Å². The average Bonchev–Trinajstić information content (AvgIpc) is 2.78. The maximum Gasteiger partial charge on any atom is 0.123 e. The minimum absolute atomic E-state index is 0.910. The van der Waals surface area contributed by atoms with Crippen LogP contribution in [0.5, 0.6) is 0 Å². The maximum atomic E-state index is 4.40. The predicted molar refractivity (Wildman–Crippen MR) is 74.1 cm³/mol. The molecule has 0 atom stereocenters. The minimum Gasteiger partial charge on any atom is -0.303 e. The SMILES string of the molecule is C=C1C(C)=C(c2nccs2)C=C/C1=N/N(C)C. The molecule has 0 unspecified atom stereocenters. The van der Waals surface area contributed by atoms with Crippen LogP contribution in [-0.2, 0) is 0 Å². The van der Waals surface area contributed by atoms with E-state index in [2.05, 4.69) is 29.7 Å². The Morgan fingerprint density at radius 1 is 1.35 bits per heavy atom. The van der Waals surface area contributed by atoms with E-state index in [-0.39, 0.29) is 0 Å². The van der Waals surface area contributed by atoms with Crippen LogP contribution in [-0.4, -0.2) is 29.8 Å². The third-order valence-corrected chi connectivity index (χ3v) is 3.35. The highest BCUT2D eigenvalue weighted by Crippen LogP contribution is 2.30. The summed E-state index contributed by atoms with van der Waals surface area (Å²) in [4.78, 5) is 4.33. The van der Waals surface area contributed by atoms with Crippen molar-refractivity contribution in [1.82, 2.24) is 9.99 Å². The summed E-state index contributed by atoms with van der Waals surface area (Å²) < 4.78 is 0. The Labute approximate surface area is 105 Å². The molecule has 0 N–H and O–H groups in total. The van der Waals surface area contributed by atoms with Gasteiger partial charge in [0.25, 0.3) is 0 Å². The minimum atomic E-state index is 0.910. The number of thiazole rings is 1. The van der Waals surface area contributed by atoms with Crippen molar-refractivity contribution in [2.75, 3.05) is 14.1 Å². The zero-order chi connectivity index (χ0) is 12.4. The molecule has 0 saturated carbocycles. The van der Waals surface area contributed by atoms with E-state index >= 15 is 0 Å². The molecule has 1 aromatic rings. The highest BCUT2D eigenvalue weighted by atomic mass is 32.1. The largest absolute Gasteiger partial charge is 0.303 e. The molecule has 17 heavy (non-hydrogen) atoms. The fourth-order valence-electron chi connectivity index (χ4n) is 1.64. The molecule has 0 saturated heterocycles. The van der Waals surface area contributed by atoms with E-state index < -0.39 is 0 Å². The first-order valence-electron chi connectivity index (χ1n) is 5.34. The second-order valence-corrected chi connectivity index (χ2v) is 4.91. The van der Waals surface area contributed by atoms with Crippen LogP contribution in [0, 0.1) is 0 Å². The number of rotatable bonds is 2. The predicted octanol–water partition coefficient (Wildman–Crippen LogP) is 2.96. The van der Waals surface area contributed by atoms with Gasteiger partial charge < -0.3 is 5.01 Å². The summed E-state index contributed by atoms with van der Waals surface area (Å²) in [6.07, 6.45) is 5.87. The van der Waals surface area contributed by atoms with Gasteiger partial charge >= 0.3 is 0 Å². The van der Waals surface area contributed by atoms with E-state index in [0.717, 1.165) is 27.4 Å². The molecule has 0 amide bonds. The van der Waals surface area contributed by atoms with Crippen molar-refractivity contribution in [2.45, 2.75) is 6.92 Å². The maximum absolute atomic E-state index is 4.40. The van der Waals surface area contributed by atoms with Gasteiger partial charge in [0.05, 0.1) is 5.71 Å². The van der Waals surface area contributed by atoms with Crippen LogP contribution in [0.25, 0.3) is 5.57 Å². The second kappa shape index (κ2) is 4.67. The van der Waals surface area contributed by atoms with Crippen molar-refractivity contribution in [1.29, 1.82) is 0 Å². The molecule has 3 nitrogen and oxygen atoms in total. The Balaban J connectivity index is 2.39. The molecule has 0 radical (unpaired) electrons. The molecule has 0 spiro atoms. The van der Waals surface area contributed by atoms with Crippen LogP contribution < -0.4 is 0 Å². The lowest BCUT2D eigenvalue weighted by atomic mass is 9.93. The molecule has 0 bridgehead atoms. The number of nitrogens with zero attached hydrogens (tertiary/aromatic N) is 3. The fraction of sp³-hybridized carbons (Fsp3) is 0.231. The van der Waals surface area contributed by atoms with Gasteiger partial charge in [-0.2, -0.15) is 5.10 Å². The first-order valence-corrected chi connectivity index (χ1v) is 6.22. The lowest BCUT2D eigenvalue weighted by Crippen LogP contribution is -2.12. The summed E-state index contributed by atoms with van der Waals surface area (Å²) in [5.74, 6) is 0. The van der Waals surface area contributed by atoms with Gasteiger partial charge in [0.15, 0.2) is 0 Å². The zero-order valence-corrected chi connectivity index (χ0v) is 11.1. The molecule has 1 heterocycles. The van der Waals surface area contributed by atoms with E-state index in [1.165, 1.54) is 0 Å². The third kappa shape index (κ3) is 2.36. The van der Waals surface area contributed by atoms with E-state index in [0.29, 0.717) is 0 Å². The highest BCUT2D eigenvalue weighted by Gasteiger charge is 2.16. The van der Waals surface area contributed by atoms with Gasteiger partial charge in [-0.15, -0.1) is 11.3 Å². The number of hydrogen-bond acceptors (Lipinski definition) is 4. The summed E-state index contributed by atoms with van der Waals surface area (Å²) >= 11 is 1.64. The van der Waals surface area contributed by atoms with Crippen LogP contribution in [0.15, 0.2) is 46.6 Å². The Hall–Kier alpha value is -1.68. The van der Waals surface area contributed by atoms with Gasteiger partial charge in [-0.05, 0) is 30.2 Å². The summed E-state index contributed by atoms with van der Waals surface area (Å²) in [6.45, 7) is 6.16. The number of hydrogen-bond donors (Lipinski definition) is 0. The fourth-order valence-corrected chi connectivity index (χ4v) is 2.36. The average molecular weight is 245 g/mol. The van der Waals surface area contributed by atoms with Crippen molar-refractivity contribution >= 4 is 22.6 Å². The normalized spacial score (nSPS) is 18.1. The molecule has 1 aliphatic carbocycles. The van der Waals surface area contributed by atoms with Crippen LogP contribution in [0.3, 0.4) is 0 Å². The number of allylic oxidation sites excluding steroid dienone is 5. The van der Waals surface area contributed by atoms with Crippen LogP contribution in [0.2, 0.25) is 0 Å². The first-order chi connectivity index (χ1) is 8.09. The first kappa shape index (κ1) is 11.8. The standard InChI is InChI=1S/C13H15N3S/c1-9-10(2)12(15-16(3)4)6-5-11(9)13-14-7-8-17-13/h5-8H,2H2,1,3-4H3/b15-12-. The van der Waals surface area contributed by atoms with Gasteiger partial charge in [-0.25, -0.2) is 4.98 Å². The molecule has 88 valence electrons. The second-order valence-electron chi connectivity index (χ2n) is 4.02. The molecule has 0 aliphatic heterocycles. The third-order valence-electron chi connectivity index (χ3n) is 2.54. The monoisotopic (exact) mass is 245 g/mol. The van der Waals surface area contributed by atoms with Gasteiger partial charge in [0.1, 0.15) is 5.01 Å². The number of aromatic nitrogens is 1. The Kier molecular flexibility index (Phi) is 3.24. The van der Waals surface area contributed by atoms with Gasteiger partial charge in [0.2, 0.25) is 0 Å². The molecule has 2 rings (SSSR count). The van der Waals surface area contributed by atoms with Gasteiger partial charge in [-0.3, -0.25) is 0 Å². The van der Waals surface area contributed by atoms with Crippen LogP contribution in [0.1, 0.15) is 11.9 Å². The van der Waals surface area contributed by atoms with Crippen molar-refractivity contribution < 1.29 is 0 Å². The molecular formula is C13H15N3S. The van der Waals surface area contributed by atoms with Crippen LogP contribution in [0.4, 0.5) is 0 Å². The highest BCUT2D eigenvalue weighted by molar-refractivity contribution is 7.10.